The van der Waals surface area contributed by atoms with Crippen LogP contribution in [0.5, 0.6) is 0 Å². The lowest BCUT2D eigenvalue weighted by Gasteiger charge is -2.13. The molecule has 0 saturated carbocycles. The van der Waals surface area contributed by atoms with Crippen LogP contribution in [-0.2, 0) is 6.54 Å². The zero-order valence-electron chi connectivity index (χ0n) is 22.6. The van der Waals surface area contributed by atoms with E-state index in [1.54, 1.807) is 0 Å². The van der Waals surface area contributed by atoms with Gasteiger partial charge in [-0.1, -0.05) is 78.9 Å². The number of rotatable bonds is 4. The topological polar surface area (TPSA) is 55.6 Å². The van der Waals surface area contributed by atoms with E-state index in [4.69, 9.17) is 15.0 Å². The predicted octanol–water partition coefficient (Wildman–Crippen LogP) is 8.66. The summed E-state index contributed by atoms with van der Waals surface area (Å²) < 4.78 is 2.24. The largest absolute Gasteiger partial charge is 0.387 e. The first kappa shape index (κ1) is 26.1. The van der Waals surface area contributed by atoms with Gasteiger partial charge in [-0.25, -0.2) is 15.0 Å². The lowest BCUT2D eigenvalue weighted by atomic mass is 10.0. The van der Waals surface area contributed by atoms with Crippen LogP contribution >= 0.6 is 24.0 Å². The quantitative estimate of drug-likeness (QED) is 0.193. The van der Waals surface area contributed by atoms with Gasteiger partial charge in [0.05, 0.1) is 39.7 Å². The molecule has 0 unspecified atom stereocenters. The summed E-state index contributed by atoms with van der Waals surface area (Å²) in [4.78, 5) is 15.2. The molecule has 7 aromatic rings. The minimum Gasteiger partial charge on any atom is -0.387 e. The standard InChI is InChI=1S/C36H25N5.HI/c1-2-11-25-24(9-1)10-5-13-26(25)29-14-6-15-30(38-29)31-16-7-17-32(39-31)33-18-8-20-36(40-33)41-34-19-4-3-12-27(34)28-23-37-22-21-35(28)41;/h1-22,37H,23H2;1H. The molecule has 4 aromatic heterocycles. The highest BCUT2D eigenvalue weighted by atomic mass is 127. The van der Waals surface area contributed by atoms with Crippen LogP contribution in [0.2, 0.25) is 0 Å². The molecule has 202 valence electrons. The Labute approximate surface area is 260 Å². The maximum absolute atomic E-state index is 5.10. The van der Waals surface area contributed by atoms with Crippen molar-refractivity contribution >= 4 is 51.7 Å². The Morgan fingerprint density at radius 3 is 1.95 bits per heavy atom. The minimum absolute atomic E-state index is 0. The zero-order valence-corrected chi connectivity index (χ0v) is 24.9. The van der Waals surface area contributed by atoms with Crippen LogP contribution in [-0.4, -0.2) is 19.5 Å². The fourth-order valence-electron chi connectivity index (χ4n) is 5.82. The molecule has 0 saturated heterocycles. The molecule has 0 atom stereocenters. The van der Waals surface area contributed by atoms with E-state index in [1.165, 1.54) is 21.7 Å². The number of aromatic nitrogens is 4. The Kier molecular flexibility index (Phi) is 6.76. The van der Waals surface area contributed by atoms with Crippen LogP contribution in [0.25, 0.3) is 67.6 Å². The molecular formula is C36H26IN5. The van der Waals surface area contributed by atoms with E-state index in [0.717, 1.165) is 57.6 Å². The number of hydrogen-bond acceptors (Lipinski definition) is 4. The Bertz CT molecular complexity index is 2120. The molecule has 1 aliphatic rings. The molecule has 42 heavy (non-hydrogen) atoms. The van der Waals surface area contributed by atoms with Gasteiger partial charge in [-0.15, -0.1) is 24.0 Å². The smallest absolute Gasteiger partial charge is 0.138 e. The SMILES string of the molecule is C1=Cc2c(c3ccccc3n2-c2cccc(-c3cccc(-c4cccc(-c5cccc6ccccc56)n4)n3)n2)CN1.I. The third kappa shape index (κ3) is 4.44. The lowest BCUT2D eigenvalue weighted by Crippen LogP contribution is -2.11. The van der Waals surface area contributed by atoms with E-state index in [2.05, 4.69) is 107 Å². The van der Waals surface area contributed by atoms with Crippen molar-refractivity contribution in [2.75, 3.05) is 0 Å². The van der Waals surface area contributed by atoms with Crippen LogP contribution in [0.4, 0.5) is 0 Å². The third-order valence-electron chi connectivity index (χ3n) is 7.71. The molecule has 5 heterocycles. The fraction of sp³-hybridized carbons (Fsp3) is 0.0278. The second-order valence-corrected chi connectivity index (χ2v) is 10.2. The van der Waals surface area contributed by atoms with Crippen LogP contribution in [0.1, 0.15) is 11.3 Å². The van der Waals surface area contributed by atoms with Crippen LogP contribution in [0.3, 0.4) is 0 Å². The van der Waals surface area contributed by atoms with Crippen molar-refractivity contribution in [1.82, 2.24) is 24.8 Å². The van der Waals surface area contributed by atoms with Crippen LogP contribution < -0.4 is 5.32 Å². The Morgan fingerprint density at radius 2 is 1.14 bits per heavy atom. The number of nitrogens with one attached hydrogen (secondary N) is 1. The van der Waals surface area contributed by atoms with Crippen molar-refractivity contribution in [2.45, 2.75) is 6.54 Å². The van der Waals surface area contributed by atoms with Gasteiger partial charge in [0.15, 0.2) is 0 Å². The van der Waals surface area contributed by atoms with Crippen molar-refractivity contribution in [3.63, 3.8) is 0 Å². The number of benzene rings is 3. The summed E-state index contributed by atoms with van der Waals surface area (Å²) in [6.07, 6.45) is 4.13. The first-order valence-corrected chi connectivity index (χ1v) is 13.8. The highest BCUT2D eigenvalue weighted by Gasteiger charge is 2.19. The summed E-state index contributed by atoms with van der Waals surface area (Å²) in [6, 6.07) is 41.6. The minimum atomic E-state index is 0. The molecular weight excluding hydrogens is 629 g/mol. The normalized spacial score (nSPS) is 12.1. The highest BCUT2D eigenvalue weighted by Crippen LogP contribution is 2.33. The van der Waals surface area contributed by atoms with Gasteiger partial charge in [-0.3, -0.25) is 4.57 Å². The first-order chi connectivity index (χ1) is 20.3. The second kappa shape index (κ2) is 10.9. The van der Waals surface area contributed by atoms with E-state index < -0.39 is 0 Å². The molecule has 8 rings (SSSR count). The molecule has 0 bridgehead atoms. The maximum Gasteiger partial charge on any atom is 0.138 e. The summed E-state index contributed by atoms with van der Waals surface area (Å²) >= 11 is 0. The number of hydrogen-bond donors (Lipinski definition) is 1. The number of fused-ring (bicyclic) bond motifs is 4. The van der Waals surface area contributed by atoms with Gasteiger partial charge in [0.1, 0.15) is 5.82 Å². The average molecular weight is 656 g/mol. The number of halogens is 1. The van der Waals surface area contributed by atoms with E-state index in [0.29, 0.717) is 0 Å². The van der Waals surface area contributed by atoms with Crippen LogP contribution in [0.15, 0.2) is 128 Å². The maximum atomic E-state index is 5.10. The van der Waals surface area contributed by atoms with Gasteiger partial charge in [0, 0.05) is 23.1 Å². The van der Waals surface area contributed by atoms with Gasteiger partial charge in [0.25, 0.3) is 0 Å². The first-order valence-electron chi connectivity index (χ1n) is 13.8. The summed E-state index contributed by atoms with van der Waals surface area (Å²) in [5.41, 5.74) is 8.90. The van der Waals surface area contributed by atoms with Gasteiger partial charge in [-0.2, -0.15) is 0 Å². The Balaban J connectivity index is 0.00000288. The van der Waals surface area contributed by atoms with Gasteiger partial charge in [0.2, 0.25) is 0 Å². The van der Waals surface area contributed by atoms with Crippen molar-refractivity contribution in [3.8, 4) is 39.9 Å². The van der Waals surface area contributed by atoms with E-state index in [9.17, 15) is 0 Å². The van der Waals surface area contributed by atoms with Crippen molar-refractivity contribution in [1.29, 1.82) is 0 Å². The Hall–Kier alpha value is -4.82. The molecule has 0 aliphatic carbocycles. The summed E-state index contributed by atoms with van der Waals surface area (Å²) in [5.74, 6) is 0.870. The van der Waals surface area contributed by atoms with Crippen LogP contribution in [0, 0.1) is 0 Å². The molecule has 0 spiro atoms. The molecule has 1 aliphatic heterocycles. The number of pyridine rings is 3. The summed E-state index contributed by atoms with van der Waals surface area (Å²) in [5, 5.41) is 6.98. The average Bonchev–Trinajstić information content (AvgIpc) is 3.39. The second-order valence-electron chi connectivity index (χ2n) is 10.2. The zero-order chi connectivity index (χ0) is 27.2. The number of nitrogens with zero attached hydrogens (tertiary/aromatic N) is 4. The molecule has 0 fully saturated rings. The molecule has 1 N–H and O–H groups in total. The van der Waals surface area contributed by atoms with E-state index in [-0.39, 0.29) is 24.0 Å². The summed E-state index contributed by atoms with van der Waals surface area (Å²) in [6.45, 7) is 0.799. The fourth-order valence-corrected chi connectivity index (χ4v) is 5.82. The lowest BCUT2D eigenvalue weighted by molar-refractivity contribution is 0.852. The van der Waals surface area contributed by atoms with Gasteiger partial charge < -0.3 is 5.32 Å². The van der Waals surface area contributed by atoms with Gasteiger partial charge >= 0.3 is 0 Å². The predicted molar refractivity (Wildman–Crippen MR) is 182 cm³/mol. The van der Waals surface area contributed by atoms with Gasteiger partial charge in [-0.05, 0) is 65.5 Å². The summed E-state index contributed by atoms with van der Waals surface area (Å²) in [7, 11) is 0. The van der Waals surface area contributed by atoms with Crippen molar-refractivity contribution < 1.29 is 0 Å². The molecule has 5 nitrogen and oxygen atoms in total. The molecule has 0 radical (unpaired) electrons. The van der Waals surface area contributed by atoms with E-state index in [1.807, 2.05) is 36.5 Å². The molecule has 6 heteroatoms. The number of para-hydroxylation sites is 1. The van der Waals surface area contributed by atoms with Crippen molar-refractivity contribution in [3.05, 3.63) is 139 Å². The third-order valence-corrected chi connectivity index (χ3v) is 7.71. The molecule has 0 amide bonds. The Morgan fingerprint density at radius 1 is 0.548 bits per heavy atom. The monoisotopic (exact) mass is 655 g/mol. The highest BCUT2D eigenvalue weighted by molar-refractivity contribution is 14.0. The van der Waals surface area contributed by atoms with Crippen molar-refractivity contribution in [2.24, 2.45) is 0 Å². The molecule has 3 aromatic carbocycles. The van der Waals surface area contributed by atoms with E-state index >= 15 is 0 Å².